The molecule has 2 N–H and O–H groups in total. The van der Waals surface area contributed by atoms with E-state index in [1.807, 2.05) is 42.6 Å². The summed E-state index contributed by atoms with van der Waals surface area (Å²) in [4.78, 5) is 26.3. The molecular formula is C20H20N4OS. The zero-order chi connectivity index (χ0) is 18.1. The van der Waals surface area contributed by atoms with E-state index < -0.39 is 5.41 Å². The van der Waals surface area contributed by atoms with Crippen LogP contribution in [0.2, 0.25) is 0 Å². The Balaban J connectivity index is 1.88. The van der Waals surface area contributed by atoms with E-state index in [0.717, 1.165) is 32.6 Å². The Bertz CT molecular complexity index is 1070. The topological polar surface area (TPSA) is 70.7 Å². The number of nitrogens with zero attached hydrogens (tertiary/aromatic N) is 2. The number of thiophene rings is 1. The van der Waals surface area contributed by atoms with E-state index in [1.165, 1.54) is 0 Å². The van der Waals surface area contributed by atoms with Crippen molar-refractivity contribution in [2.24, 2.45) is 0 Å². The molecule has 3 aromatic heterocycles. The summed E-state index contributed by atoms with van der Waals surface area (Å²) in [5, 5.41) is 5.98. The number of pyridine rings is 1. The zero-order valence-electron chi connectivity index (χ0n) is 14.7. The van der Waals surface area contributed by atoms with E-state index in [0.29, 0.717) is 13.0 Å². The van der Waals surface area contributed by atoms with Crippen LogP contribution in [-0.2, 0) is 10.2 Å². The first-order chi connectivity index (χ1) is 12.6. The van der Waals surface area contributed by atoms with Crippen LogP contribution >= 0.6 is 11.3 Å². The van der Waals surface area contributed by atoms with Gasteiger partial charge in [0.1, 0.15) is 11.3 Å². The van der Waals surface area contributed by atoms with Gasteiger partial charge in [-0.2, -0.15) is 0 Å². The Labute approximate surface area is 155 Å². The zero-order valence-corrected chi connectivity index (χ0v) is 15.6. The third-order valence-electron chi connectivity index (χ3n) is 4.71. The average Bonchev–Trinajstić information content (AvgIpc) is 3.32. The largest absolute Gasteiger partial charge is 0.356 e. The van der Waals surface area contributed by atoms with E-state index in [-0.39, 0.29) is 5.91 Å². The number of H-pyrrole nitrogens is 1. The number of imidazole rings is 1. The summed E-state index contributed by atoms with van der Waals surface area (Å²) in [7, 11) is 0. The third kappa shape index (κ3) is 2.76. The maximum absolute atomic E-state index is 12.4. The Hall–Kier alpha value is -2.73. The fourth-order valence-corrected chi connectivity index (χ4v) is 4.23. The van der Waals surface area contributed by atoms with E-state index in [2.05, 4.69) is 28.3 Å². The van der Waals surface area contributed by atoms with Crippen molar-refractivity contribution in [2.45, 2.75) is 25.7 Å². The van der Waals surface area contributed by atoms with Crippen LogP contribution < -0.4 is 5.32 Å². The molecule has 1 aromatic carbocycles. The van der Waals surface area contributed by atoms with Crippen LogP contribution in [0.4, 0.5) is 0 Å². The molecule has 0 aliphatic carbocycles. The third-order valence-corrected chi connectivity index (χ3v) is 5.84. The number of fused-ring (bicyclic) bond motifs is 3. The summed E-state index contributed by atoms with van der Waals surface area (Å²) < 4.78 is 0. The van der Waals surface area contributed by atoms with Crippen LogP contribution in [0, 0.1) is 0 Å². The Morgan fingerprint density at radius 3 is 2.85 bits per heavy atom. The summed E-state index contributed by atoms with van der Waals surface area (Å²) in [6.07, 6.45) is 2.13. The van der Waals surface area contributed by atoms with Crippen LogP contribution in [0.3, 0.4) is 0 Å². The van der Waals surface area contributed by atoms with Crippen molar-refractivity contribution in [3.05, 3.63) is 58.7 Å². The summed E-state index contributed by atoms with van der Waals surface area (Å²) in [6.45, 7) is 4.62. The lowest BCUT2D eigenvalue weighted by Gasteiger charge is -2.25. The average molecular weight is 364 g/mol. The second kappa shape index (κ2) is 6.53. The number of rotatable bonds is 5. The van der Waals surface area contributed by atoms with Crippen molar-refractivity contribution in [2.75, 3.05) is 6.54 Å². The highest BCUT2D eigenvalue weighted by Crippen LogP contribution is 2.38. The van der Waals surface area contributed by atoms with E-state index in [1.54, 1.807) is 17.5 Å². The van der Waals surface area contributed by atoms with Gasteiger partial charge in [0.05, 0.1) is 22.6 Å². The van der Waals surface area contributed by atoms with E-state index in [9.17, 15) is 4.79 Å². The maximum Gasteiger partial charge on any atom is 0.221 e. The number of benzene rings is 1. The highest BCUT2D eigenvalue weighted by atomic mass is 32.1. The van der Waals surface area contributed by atoms with Gasteiger partial charge in [-0.05, 0) is 31.4 Å². The highest BCUT2D eigenvalue weighted by Gasteiger charge is 2.36. The molecule has 1 amide bonds. The molecule has 0 saturated heterocycles. The molecule has 4 aromatic rings. The van der Waals surface area contributed by atoms with E-state index in [4.69, 9.17) is 4.98 Å². The predicted octanol–water partition coefficient (Wildman–Crippen LogP) is 4.00. The minimum Gasteiger partial charge on any atom is -0.356 e. The number of hydrogen-bond acceptors (Lipinski definition) is 4. The van der Waals surface area contributed by atoms with Gasteiger partial charge in [0.15, 0.2) is 0 Å². The number of aromatic amines is 1. The SMILES string of the molecule is CCNC(=O)CC(C)(c1nc2cnc3ccccc3c2[nH]1)c1cccs1. The second-order valence-electron chi connectivity index (χ2n) is 6.56. The number of aromatic nitrogens is 3. The van der Waals surface area contributed by atoms with Crippen molar-refractivity contribution in [3.8, 4) is 0 Å². The van der Waals surface area contributed by atoms with Crippen LogP contribution in [-0.4, -0.2) is 27.4 Å². The number of hydrogen-bond donors (Lipinski definition) is 2. The minimum atomic E-state index is -0.520. The van der Waals surface area contributed by atoms with Gasteiger partial charge < -0.3 is 10.3 Å². The monoisotopic (exact) mass is 364 g/mol. The molecule has 1 atom stereocenters. The van der Waals surface area contributed by atoms with Gasteiger partial charge in [-0.1, -0.05) is 24.3 Å². The van der Waals surface area contributed by atoms with Crippen molar-refractivity contribution < 1.29 is 4.79 Å². The summed E-state index contributed by atoms with van der Waals surface area (Å²) >= 11 is 1.64. The lowest BCUT2D eigenvalue weighted by Crippen LogP contribution is -2.34. The summed E-state index contributed by atoms with van der Waals surface area (Å²) in [6, 6.07) is 12.1. The predicted molar refractivity (Wildman–Crippen MR) is 105 cm³/mol. The first kappa shape index (κ1) is 16.7. The number of nitrogens with one attached hydrogen (secondary N) is 2. The van der Waals surface area contributed by atoms with Crippen molar-refractivity contribution in [1.82, 2.24) is 20.3 Å². The first-order valence-corrected chi connectivity index (χ1v) is 9.54. The lowest BCUT2D eigenvalue weighted by atomic mass is 9.83. The van der Waals surface area contributed by atoms with Crippen molar-refractivity contribution in [3.63, 3.8) is 0 Å². The molecule has 4 rings (SSSR count). The molecule has 1 unspecified atom stereocenters. The summed E-state index contributed by atoms with van der Waals surface area (Å²) in [5.41, 5.74) is 2.19. The molecule has 0 aliphatic rings. The van der Waals surface area contributed by atoms with Crippen molar-refractivity contribution in [1.29, 1.82) is 0 Å². The van der Waals surface area contributed by atoms with Gasteiger partial charge in [0.25, 0.3) is 0 Å². The van der Waals surface area contributed by atoms with Crippen LogP contribution in [0.5, 0.6) is 0 Å². The highest BCUT2D eigenvalue weighted by molar-refractivity contribution is 7.10. The molecular weight excluding hydrogens is 344 g/mol. The maximum atomic E-state index is 12.4. The fourth-order valence-electron chi connectivity index (χ4n) is 3.34. The van der Waals surface area contributed by atoms with Gasteiger partial charge >= 0.3 is 0 Å². The van der Waals surface area contributed by atoms with E-state index >= 15 is 0 Å². The molecule has 26 heavy (non-hydrogen) atoms. The standard InChI is InChI=1S/C20H20N4OS/c1-3-21-17(25)11-20(2,16-9-6-10-26-16)19-23-15-12-22-14-8-5-4-7-13(14)18(15)24-19/h4-10,12H,3,11H2,1-2H3,(H,21,25)(H,23,24). The molecule has 0 spiro atoms. The molecule has 6 heteroatoms. The van der Waals surface area contributed by atoms with Gasteiger partial charge in [-0.15, -0.1) is 11.3 Å². The van der Waals surface area contributed by atoms with Gasteiger partial charge in [0.2, 0.25) is 5.91 Å². The number of amides is 1. The van der Waals surface area contributed by atoms with Gasteiger partial charge in [-0.25, -0.2) is 4.98 Å². The normalized spacial score (nSPS) is 13.8. The minimum absolute atomic E-state index is 0.0202. The molecule has 132 valence electrons. The Kier molecular flexibility index (Phi) is 4.20. The molecule has 0 aliphatic heterocycles. The molecule has 3 heterocycles. The van der Waals surface area contributed by atoms with Crippen molar-refractivity contribution >= 4 is 39.2 Å². The molecule has 0 fully saturated rings. The number of carbonyl (C=O) groups is 1. The smallest absolute Gasteiger partial charge is 0.221 e. The summed E-state index contributed by atoms with van der Waals surface area (Å²) in [5.74, 6) is 0.811. The number of carbonyl (C=O) groups excluding carboxylic acids is 1. The van der Waals surface area contributed by atoms with Crippen LogP contribution in [0.1, 0.15) is 31.0 Å². The quantitative estimate of drug-likeness (QED) is 0.562. The second-order valence-corrected chi connectivity index (χ2v) is 7.51. The Morgan fingerprint density at radius 1 is 1.23 bits per heavy atom. The Morgan fingerprint density at radius 2 is 2.08 bits per heavy atom. The molecule has 0 bridgehead atoms. The lowest BCUT2D eigenvalue weighted by molar-refractivity contribution is -0.121. The molecule has 0 radical (unpaired) electrons. The molecule has 0 saturated carbocycles. The van der Waals surface area contributed by atoms with Gasteiger partial charge in [0, 0.05) is 23.2 Å². The van der Waals surface area contributed by atoms with Crippen LogP contribution in [0.15, 0.2) is 48.0 Å². The van der Waals surface area contributed by atoms with Gasteiger partial charge in [-0.3, -0.25) is 9.78 Å². The van der Waals surface area contributed by atoms with Crippen LogP contribution in [0.25, 0.3) is 21.9 Å². The fraction of sp³-hybridized carbons (Fsp3) is 0.250. The molecule has 5 nitrogen and oxygen atoms in total. The first-order valence-electron chi connectivity index (χ1n) is 8.66. The number of para-hydroxylation sites is 1.